The molecular weight excluding hydrogens is 356 g/mol. The highest BCUT2D eigenvalue weighted by Gasteiger charge is 2.48. The Morgan fingerprint density at radius 3 is 2.39 bits per heavy atom. The lowest BCUT2D eigenvalue weighted by molar-refractivity contribution is -0.131. The molecule has 0 aliphatic carbocycles. The molecule has 0 saturated carbocycles. The number of carbonyl (C=O) groups is 2. The summed E-state index contributed by atoms with van der Waals surface area (Å²) in [6.45, 7) is 5.58. The number of rotatable bonds is 3. The van der Waals surface area contributed by atoms with Gasteiger partial charge in [-0.05, 0) is 55.2 Å². The van der Waals surface area contributed by atoms with Gasteiger partial charge in [0.1, 0.15) is 11.1 Å². The van der Waals surface area contributed by atoms with E-state index < -0.39 is 17.2 Å². The summed E-state index contributed by atoms with van der Waals surface area (Å²) in [7, 11) is 0. The van der Waals surface area contributed by atoms with Crippen LogP contribution in [-0.2, 0) is 16.9 Å². The van der Waals surface area contributed by atoms with Crippen molar-refractivity contribution in [2.75, 3.05) is 0 Å². The van der Waals surface area contributed by atoms with Crippen LogP contribution < -0.4 is 10.9 Å². The maximum Gasteiger partial charge on any atom is 0.336 e. The molecule has 3 amide bonds. The number of hydrogen-bond donors (Lipinski definition) is 1. The van der Waals surface area contributed by atoms with Crippen LogP contribution in [0, 0.1) is 13.8 Å². The number of imide groups is 1. The van der Waals surface area contributed by atoms with Crippen LogP contribution in [0.1, 0.15) is 29.2 Å². The standard InChI is InChI=1S/C22H20N2O4/c1-13-9-17-15(11-19(25)28-18(17)10-14(13)2)12-24-20(26)22(3,23-21(24)27)16-7-5-4-6-8-16/h4-11H,12H2,1-3H3,(H,23,27)/t22-/m1/s1. The van der Waals surface area contributed by atoms with Crippen LogP contribution in [0.2, 0.25) is 0 Å². The number of urea groups is 1. The van der Waals surface area contributed by atoms with Crippen molar-refractivity contribution in [3.8, 4) is 0 Å². The van der Waals surface area contributed by atoms with Crippen LogP contribution in [0.15, 0.2) is 57.7 Å². The lowest BCUT2D eigenvalue weighted by Crippen LogP contribution is -2.40. The second-order valence-corrected chi connectivity index (χ2v) is 7.34. The first kappa shape index (κ1) is 18.0. The van der Waals surface area contributed by atoms with Crippen molar-refractivity contribution in [1.29, 1.82) is 0 Å². The van der Waals surface area contributed by atoms with Gasteiger partial charge in [0.2, 0.25) is 0 Å². The fourth-order valence-electron chi connectivity index (χ4n) is 3.59. The molecule has 0 radical (unpaired) electrons. The number of nitrogens with one attached hydrogen (secondary N) is 1. The topological polar surface area (TPSA) is 79.6 Å². The van der Waals surface area contributed by atoms with Crippen LogP contribution in [0.3, 0.4) is 0 Å². The van der Waals surface area contributed by atoms with Gasteiger partial charge >= 0.3 is 11.7 Å². The minimum absolute atomic E-state index is 0.00229. The first-order chi connectivity index (χ1) is 13.3. The van der Waals surface area contributed by atoms with Gasteiger partial charge in [0.05, 0.1) is 6.54 Å². The fraction of sp³-hybridized carbons (Fsp3) is 0.227. The maximum absolute atomic E-state index is 13.1. The third kappa shape index (κ3) is 2.78. The second-order valence-electron chi connectivity index (χ2n) is 7.34. The van der Waals surface area contributed by atoms with Crippen molar-refractivity contribution in [3.05, 3.63) is 81.2 Å². The molecule has 0 unspecified atom stereocenters. The predicted molar refractivity (Wildman–Crippen MR) is 105 cm³/mol. The molecule has 142 valence electrons. The lowest BCUT2D eigenvalue weighted by atomic mass is 9.92. The lowest BCUT2D eigenvalue weighted by Gasteiger charge is -2.22. The zero-order valence-corrected chi connectivity index (χ0v) is 15.9. The number of aryl methyl sites for hydroxylation is 2. The molecule has 2 aromatic carbocycles. The second kappa shape index (κ2) is 6.34. The Balaban J connectivity index is 1.76. The summed E-state index contributed by atoms with van der Waals surface area (Å²) in [5.74, 6) is -0.353. The summed E-state index contributed by atoms with van der Waals surface area (Å²) >= 11 is 0. The van der Waals surface area contributed by atoms with Gasteiger partial charge in [-0.1, -0.05) is 30.3 Å². The Hall–Kier alpha value is -3.41. The van der Waals surface area contributed by atoms with Crippen molar-refractivity contribution < 1.29 is 14.0 Å². The zero-order chi connectivity index (χ0) is 20.1. The van der Waals surface area contributed by atoms with Crippen LogP contribution >= 0.6 is 0 Å². The van der Waals surface area contributed by atoms with Crippen LogP contribution in [-0.4, -0.2) is 16.8 Å². The fourth-order valence-corrected chi connectivity index (χ4v) is 3.59. The van der Waals surface area contributed by atoms with E-state index in [-0.39, 0.29) is 12.5 Å². The van der Waals surface area contributed by atoms with Gasteiger partial charge in [-0.25, -0.2) is 9.59 Å². The smallest absolute Gasteiger partial charge is 0.336 e. The monoisotopic (exact) mass is 376 g/mol. The highest BCUT2D eigenvalue weighted by Crippen LogP contribution is 2.31. The molecule has 1 aromatic heterocycles. The average Bonchev–Trinajstić information content (AvgIpc) is 2.88. The van der Waals surface area contributed by atoms with E-state index in [2.05, 4.69) is 5.32 Å². The van der Waals surface area contributed by atoms with E-state index in [1.54, 1.807) is 25.1 Å². The van der Waals surface area contributed by atoms with E-state index in [0.717, 1.165) is 21.4 Å². The van der Waals surface area contributed by atoms with Gasteiger partial charge in [-0.3, -0.25) is 9.69 Å². The van der Waals surface area contributed by atoms with Crippen LogP contribution in [0.5, 0.6) is 0 Å². The van der Waals surface area contributed by atoms with Crippen LogP contribution in [0.25, 0.3) is 11.0 Å². The molecule has 6 nitrogen and oxygen atoms in total. The zero-order valence-electron chi connectivity index (χ0n) is 15.9. The minimum Gasteiger partial charge on any atom is -0.423 e. The molecule has 1 fully saturated rings. The largest absolute Gasteiger partial charge is 0.423 e. The third-order valence-corrected chi connectivity index (χ3v) is 5.40. The average molecular weight is 376 g/mol. The van der Waals surface area contributed by atoms with E-state index in [4.69, 9.17) is 4.42 Å². The summed E-state index contributed by atoms with van der Waals surface area (Å²) < 4.78 is 5.31. The Morgan fingerprint density at radius 1 is 1.00 bits per heavy atom. The number of benzene rings is 2. The van der Waals surface area contributed by atoms with Gasteiger partial charge in [0, 0.05) is 11.5 Å². The third-order valence-electron chi connectivity index (χ3n) is 5.40. The molecule has 6 heteroatoms. The maximum atomic E-state index is 13.1. The number of fused-ring (bicyclic) bond motifs is 1. The Labute approximate surface area is 161 Å². The first-order valence-corrected chi connectivity index (χ1v) is 9.03. The summed E-state index contributed by atoms with van der Waals surface area (Å²) in [6, 6.07) is 13.7. The van der Waals surface area contributed by atoms with E-state index in [9.17, 15) is 14.4 Å². The Morgan fingerprint density at radius 2 is 1.68 bits per heavy atom. The number of carbonyl (C=O) groups excluding carboxylic acids is 2. The molecule has 4 rings (SSSR count). The highest BCUT2D eigenvalue weighted by atomic mass is 16.4. The minimum atomic E-state index is -1.14. The van der Waals surface area contributed by atoms with E-state index in [0.29, 0.717) is 16.7 Å². The van der Waals surface area contributed by atoms with Crippen molar-refractivity contribution >= 4 is 22.9 Å². The van der Waals surface area contributed by atoms with Gasteiger partial charge in [-0.15, -0.1) is 0 Å². The molecule has 1 saturated heterocycles. The molecule has 28 heavy (non-hydrogen) atoms. The molecule has 1 atom stereocenters. The van der Waals surface area contributed by atoms with Gasteiger partial charge < -0.3 is 9.73 Å². The molecule has 1 N–H and O–H groups in total. The molecule has 0 spiro atoms. The van der Waals surface area contributed by atoms with Crippen molar-refractivity contribution in [3.63, 3.8) is 0 Å². The SMILES string of the molecule is Cc1cc2oc(=O)cc(CN3C(=O)N[C@](C)(c4ccccc4)C3=O)c2cc1C. The Kier molecular flexibility index (Phi) is 4.07. The normalized spacial score (nSPS) is 19.3. The van der Waals surface area contributed by atoms with Gasteiger partial charge in [-0.2, -0.15) is 0 Å². The summed E-state index contributed by atoms with van der Waals surface area (Å²) in [5.41, 5.74) is 2.12. The van der Waals surface area contributed by atoms with E-state index in [1.165, 1.54) is 6.07 Å². The van der Waals surface area contributed by atoms with Gasteiger partial charge in [0.15, 0.2) is 0 Å². The molecule has 0 bridgehead atoms. The Bertz CT molecular complexity index is 1170. The molecule has 2 heterocycles. The quantitative estimate of drug-likeness (QED) is 0.561. The van der Waals surface area contributed by atoms with Crippen LogP contribution in [0.4, 0.5) is 4.79 Å². The molecule has 1 aliphatic heterocycles. The highest BCUT2D eigenvalue weighted by molar-refractivity contribution is 6.07. The van der Waals surface area contributed by atoms with Crippen molar-refractivity contribution in [1.82, 2.24) is 10.2 Å². The van der Waals surface area contributed by atoms with E-state index >= 15 is 0 Å². The predicted octanol–water partition coefficient (Wildman–Crippen LogP) is 3.38. The number of amides is 3. The van der Waals surface area contributed by atoms with Crippen molar-refractivity contribution in [2.24, 2.45) is 0 Å². The van der Waals surface area contributed by atoms with Gasteiger partial charge in [0.25, 0.3) is 5.91 Å². The first-order valence-electron chi connectivity index (χ1n) is 9.03. The van der Waals surface area contributed by atoms with Crippen molar-refractivity contribution in [2.45, 2.75) is 32.9 Å². The molecule has 3 aromatic rings. The summed E-state index contributed by atoms with van der Waals surface area (Å²) in [6.07, 6.45) is 0. The van der Waals surface area contributed by atoms with E-state index in [1.807, 2.05) is 38.1 Å². The number of hydrogen-bond acceptors (Lipinski definition) is 4. The molecular formula is C22H20N2O4. The number of nitrogens with zero attached hydrogens (tertiary/aromatic N) is 1. The summed E-state index contributed by atoms with van der Waals surface area (Å²) in [5, 5.41) is 3.50. The molecule has 1 aliphatic rings. The summed E-state index contributed by atoms with van der Waals surface area (Å²) in [4.78, 5) is 38.9.